The second-order valence-corrected chi connectivity index (χ2v) is 9.67. The number of carbonyl (C=O) groups is 1. The number of ether oxygens (including phenoxy) is 1. The first-order chi connectivity index (χ1) is 19.9. The molecule has 2 heterocycles. The summed E-state index contributed by atoms with van der Waals surface area (Å²) < 4.78 is 11.9. The lowest BCUT2D eigenvalue weighted by atomic mass is 9.89. The molecule has 0 aliphatic carbocycles. The van der Waals surface area contributed by atoms with Gasteiger partial charge in [-0.25, -0.2) is 0 Å². The molecule has 0 saturated carbocycles. The van der Waals surface area contributed by atoms with Crippen molar-refractivity contribution < 1.29 is 54.8 Å². The Morgan fingerprint density at radius 1 is 0.643 bits per heavy atom. The van der Waals surface area contributed by atoms with E-state index in [1.165, 1.54) is 6.07 Å². The third-order valence-electron chi connectivity index (χ3n) is 6.97. The van der Waals surface area contributed by atoms with Crippen LogP contribution >= 0.6 is 0 Å². The lowest BCUT2D eigenvalue weighted by Crippen LogP contribution is -2.21. The first-order valence-corrected chi connectivity index (χ1v) is 12.3. The molecule has 12 heteroatoms. The Hall–Kier alpha value is -6.04. The van der Waals surface area contributed by atoms with Crippen molar-refractivity contribution in [1.82, 2.24) is 0 Å². The van der Waals surface area contributed by atoms with Crippen molar-refractivity contribution >= 4 is 16.8 Å². The Kier molecular flexibility index (Phi) is 5.78. The molecule has 1 aliphatic heterocycles. The SMILES string of the molecule is O=C1CC(c2cc(O)c(O)cc2-c2c(O)cc(O)c3c(=O)cc(-c4ccc(O)c(O)c4)oc23)Oc2cc(O)cc(O)c21. The zero-order valence-corrected chi connectivity index (χ0v) is 21.2. The predicted molar refractivity (Wildman–Crippen MR) is 145 cm³/mol. The lowest BCUT2D eigenvalue weighted by Gasteiger charge is -2.28. The van der Waals surface area contributed by atoms with Gasteiger partial charge in [-0.2, -0.15) is 0 Å². The Balaban J connectivity index is 1.62. The molecule has 1 unspecified atom stereocenters. The van der Waals surface area contributed by atoms with Crippen molar-refractivity contribution in [3.05, 3.63) is 75.9 Å². The van der Waals surface area contributed by atoms with Crippen LogP contribution in [0.5, 0.6) is 51.7 Å². The summed E-state index contributed by atoms with van der Waals surface area (Å²) in [7, 11) is 0. The van der Waals surface area contributed by atoms with Gasteiger partial charge in [0.15, 0.2) is 39.8 Å². The molecule has 5 aromatic rings. The van der Waals surface area contributed by atoms with Crippen LogP contribution < -0.4 is 10.2 Å². The fraction of sp³-hybridized carbons (Fsp3) is 0.0667. The van der Waals surface area contributed by atoms with Gasteiger partial charge >= 0.3 is 0 Å². The van der Waals surface area contributed by atoms with Gasteiger partial charge in [-0.1, -0.05) is 0 Å². The topological polar surface area (TPSA) is 218 Å². The van der Waals surface area contributed by atoms with Crippen LogP contribution in [-0.4, -0.2) is 46.6 Å². The van der Waals surface area contributed by atoms with E-state index in [1.807, 2.05) is 0 Å². The molecule has 4 aromatic carbocycles. The van der Waals surface area contributed by atoms with Gasteiger partial charge in [-0.05, 0) is 30.3 Å². The minimum absolute atomic E-state index is 0.0322. The van der Waals surface area contributed by atoms with E-state index in [1.54, 1.807) is 0 Å². The van der Waals surface area contributed by atoms with E-state index in [0.717, 1.165) is 48.5 Å². The first-order valence-electron chi connectivity index (χ1n) is 12.3. The number of benzene rings is 4. The maximum atomic E-state index is 13.2. The highest BCUT2D eigenvalue weighted by atomic mass is 16.5. The van der Waals surface area contributed by atoms with Crippen molar-refractivity contribution in [1.29, 1.82) is 0 Å². The Bertz CT molecular complexity index is 2020. The summed E-state index contributed by atoms with van der Waals surface area (Å²) in [5, 5.41) is 81.8. The molecule has 1 aliphatic rings. The molecule has 0 bridgehead atoms. The Labute approximate surface area is 234 Å². The second-order valence-electron chi connectivity index (χ2n) is 9.67. The van der Waals surface area contributed by atoms with Crippen LogP contribution in [0.2, 0.25) is 0 Å². The van der Waals surface area contributed by atoms with Crippen LogP contribution in [0.1, 0.15) is 28.4 Å². The van der Waals surface area contributed by atoms with E-state index in [4.69, 9.17) is 9.15 Å². The summed E-state index contributed by atoms with van der Waals surface area (Å²) in [5.74, 6) is -5.17. The molecule has 0 amide bonds. The maximum absolute atomic E-state index is 13.2. The second kappa shape index (κ2) is 9.27. The Morgan fingerprint density at radius 3 is 2.07 bits per heavy atom. The minimum Gasteiger partial charge on any atom is -0.508 e. The van der Waals surface area contributed by atoms with Gasteiger partial charge in [0.2, 0.25) is 0 Å². The number of carbonyl (C=O) groups excluding carboxylic acids is 1. The van der Waals surface area contributed by atoms with E-state index < -0.39 is 57.6 Å². The Morgan fingerprint density at radius 2 is 1.33 bits per heavy atom. The molecule has 8 N–H and O–H groups in total. The lowest BCUT2D eigenvalue weighted by molar-refractivity contribution is 0.0845. The summed E-state index contributed by atoms with van der Waals surface area (Å²) >= 11 is 0. The molecule has 12 nitrogen and oxygen atoms in total. The number of hydrogen-bond donors (Lipinski definition) is 8. The van der Waals surface area contributed by atoms with Crippen LogP contribution in [0.15, 0.2) is 63.8 Å². The molecular weight excluding hydrogens is 552 g/mol. The van der Waals surface area contributed by atoms with E-state index >= 15 is 0 Å². The summed E-state index contributed by atoms with van der Waals surface area (Å²) in [6, 6.07) is 9.77. The summed E-state index contributed by atoms with van der Waals surface area (Å²) in [4.78, 5) is 26.2. The number of ketones is 1. The highest BCUT2D eigenvalue weighted by Crippen LogP contribution is 2.49. The van der Waals surface area contributed by atoms with E-state index in [2.05, 4.69) is 0 Å². The van der Waals surface area contributed by atoms with Crippen molar-refractivity contribution in [3.63, 3.8) is 0 Å². The van der Waals surface area contributed by atoms with Gasteiger partial charge in [-0.15, -0.1) is 0 Å². The predicted octanol–water partition coefficient (Wildman–Crippen LogP) is 4.48. The standard InChI is InChI=1S/C30H20O12/c31-12-4-19(36)28-22(39)10-25(41-26(28)5-12)13-6-17(34)18(35)7-14(13)27-20(37)8-21(38)29-23(40)9-24(42-30(27)29)11-1-2-15(32)16(33)3-11/h1-9,25,31-38H,10H2. The summed E-state index contributed by atoms with van der Waals surface area (Å²) in [6.45, 7) is 0. The van der Waals surface area contributed by atoms with Gasteiger partial charge in [0, 0.05) is 41.0 Å². The molecule has 1 atom stereocenters. The number of aromatic hydroxyl groups is 8. The van der Waals surface area contributed by atoms with Gasteiger partial charge in [0.25, 0.3) is 0 Å². The third kappa shape index (κ3) is 4.09. The van der Waals surface area contributed by atoms with Gasteiger partial charge in [0.05, 0.1) is 12.0 Å². The molecule has 0 spiro atoms. The van der Waals surface area contributed by atoms with Crippen molar-refractivity contribution in [2.24, 2.45) is 0 Å². The molecule has 212 valence electrons. The zero-order valence-electron chi connectivity index (χ0n) is 21.2. The fourth-order valence-corrected chi connectivity index (χ4v) is 5.06. The highest BCUT2D eigenvalue weighted by molar-refractivity contribution is 6.04. The van der Waals surface area contributed by atoms with Crippen LogP contribution in [-0.2, 0) is 0 Å². The molecule has 0 radical (unpaired) electrons. The molecule has 42 heavy (non-hydrogen) atoms. The molecule has 0 saturated heterocycles. The third-order valence-corrected chi connectivity index (χ3v) is 6.97. The largest absolute Gasteiger partial charge is 0.508 e. The number of fused-ring (bicyclic) bond motifs is 2. The van der Waals surface area contributed by atoms with Crippen LogP contribution in [0, 0.1) is 0 Å². The van der Waals surface area contributed by atoms with E-state index in [9.17, 15) is 50.4 Å². The maximum Gasteiger partial charge on any atom is 0.197 e. The zero-order chi connectivity index (χ0) is 30.0. The molecule has 6 rings (SSSR count). The van der Waals surface area contributed by atoms with Crippen LogP contribution in [0.3, 0.4) is 0 Å². The number of hydrogen-bond acceptors (Lipinski definition) is 12. The number of rotatable bonds is 3. The van der Waals surface area contributed by atoms with Crippen molar-refractivity contribution in [3.8, 4) is 74.2 Å². The molecule has 1 aromatic heterocycles. The highest BCUT2D eigenvalue weighted by Gasteiger charge is 2.34. The monoisotopic (exact) mass is 572 g/mol. The van der Waals surface area contributed by atoms with E-state index in [0.29, 0.717) is 0 Å². The average Bonchev–Trinajstić information content (AvgIpc) is 2.90. The summed E-state index contributed by atoms with van der Waals surface area (Å²) in [5.41, 5.74) is -1.37. The van der Waals surface area contributed by atoms with E-state index in [-0.39, 0.29) is 62.5 Å². The van der Waals surface area contributed by atoms with Crippen molar-refractivity contribution in [2.45, 2.75) is 12.5 Å². The minimum atomic E-state index is -1.19. The van der Waals surface area contributed by atoms with Gasteiger partial charge in [0.1, 0.15) is 51.6 Å². The smallest absolute Gasteiger partial charge is 0.197 e. The normalized spacial score (nSPS) is 14.5. The van der Waals surface area contributed by atoms with Crippen LogP contribution in [0.25, 0.3) is 33.4 Å². The number of Topliss-reactive ketones (excluding diaryl/α,β-unsaturated/α-hetero) is 1. The van der Waals surface area contributed by atoms with Crippen LogP contribution in [0.4, 0.5) is 0 Å². The molecular formula is C30H20O12. The number of phenolic OH excluding ortho intramolecular Hbond substituents is 8. The van der Waals surface area contributed by atoms with Gasteiger partial charge in [-0.3, -0.25) is 9.59 Å². The number of phenols is 8. The quantitative estimate of drug-likeness (QED) is 0.140. The van der Waals surface area contributed by atoms with Gasteiger partial charge < -0.3 is 50.0 Å². The molecule has 0 fully saturated rings. The average molecular weight is 572 g/mol. The summed E-state index contributed by atoms with van der Waals surface area (Å²) in [6.07, 6.45) is -1.57. The fourth-order valence-electron chi connectivity index (χ4n) is 5.06. The first kappa shape index (κ1) is 26.2. The van der Waals surface area contributed by atoms with Crippen molar-refractivity contribution in [2.75, 3.05) is 0 Å².